The first-order valence-electron chi connectivity index (χ1n) is 7.26. The first-order chi connectivity index (χ1) is 8.22. The number of nitrogens with one attached hydrogen (secondary N) is 2. The maximum atomic E-state index is 11.4. The predicted octanol–water partition coefficient (Wildman–Crippen LogP) is 3.44. The van der Waals surface area contributed by atoms with Gasteiger partial charge < -0.3 is 10.6 Å². The van der Waals surface area contributed by atoms with E-state index in [2.05, 4.69) is 17.6 Å². The third-order valence-corrected chi connectivity index (χ3v) is 3.79. The van der Waals surface area contributed by atoms with Crippen LogP contribution >= 0.6 is 0 Å². The topological polar surface area (TPSA) is 41.1 Å². The molecule has 0 saturated heterocycles. The van der Waals surface area contributed by atoms with Crippen LogP contribution in [0.2, 0.25) is 0 Å². The number of rotatable bonds is 6. The molecule has 17 heavy (non-hydrogen) atoms. The summed E-state index contributed by atoms with van der Waals surface area (Å²) in [6, 6.07) is 0.260. The van der Waals surface area contributed by atoms with E-state index < -0.39 is 0 Å². The van der Waals surface area contributed by atoms with Gasteiger partial charge in [-0.05, 0) is 32.1 Å². The fourth-order valence-corrected chi connectivity index (χ4v) is 2.45. The molecule has 0 radical (unpaired) electrons. The highest BCUT2D eigenvalue weighted by Gasteiger charge is 2.12. The van der Waals surface area contributed by atoms with Gasteiger partial charge in [0.1, 0.15) is 0 Å². The summed E-state index contributed by atoms with van der Waals surface area (Å²) in [5.41, 5.74) is 0. The summed E-state index contributed by atoms with van der Waals surface area (Å²) in [7, 11) is 0. The van der Waals surface area contributed by atoms with E-state index in [0.29, 0.717) is 0 Å². The summed E-state index contributed by atoms with van der Waals surface area (Å²) < 4.78 is 0. The van der Waals surface area contributed by atoms with E-state index >= 15 is 0 Å². The SMILES string of the molecule is CCC(C)NC(=O)NCCCC1CCCCC1. The Morgan fingerprint density at radius 2 is 2.00 bits per heavy atom. The van der Waals surface area contributed by atoms with Crippen LogP contribution in [0.4, 0.5) is 4.79 Å². The molecular weight excluding hydrogens is 212 g/mol. The number of carbonyl (C=O) groups excluding carboxylic acids is 1. The van der Waals surface area contributed by atoms with Crippen molar-refractivity contribution in [3.63, 3.8) is 0 Å². The van der Waals surface area contributed by atoms with Gasteiger partial charge in [-0.15, -0.1) is 0 Å². The van der Waals surface area contributed by atoms with Crippen molar-refractivity contribution < 1.29 is 4.79 Å². The second-order valence-electron chi connectivity index (χ2n) is 5.36. The molecule has 3 heteroatoms. The quantitative estimate of drug-likeness (QED) is 0.686. The van der Waals surface area contributed by atoms with Gasteiger partial charge in [-0.2, -0.15) is 0 Å². The maximum absolute atomic E-state index is 11.4. The van der Waals surface area contributed by atoms with Gasteiger partial charge in [0.15, 0.2) is 0 Å². The van der Waals surface area contributed by atoms with Crippen LogP contribution in [0.25, 0.3) is 0 Å². The number of amides is 2. The molecule has 0 aromatic heterocycles. The van der Waals surface area contributed by atoms with E-state index in [9.17, 15) is 4.79 Å². The van der Waals surface area contributed by atoms with Crippen molar-refractivity contribution >= 4 is 6.03 Å². The molecule has 0 heterocycles. The largest absolute Gasteiger partial charge is 0.338 e. The summed E-state index contributed by atoms with van der Waals surface area (Å²) in [6.07, 6.45) is 10.4. The molecule has 1 aliphatic carbocycles. The maximum Gasteiger partial charge on any atom is 0.314 e. The third-order valence-electron chi connectivity index (χ3n) is 3.79. The lowest BCUT2D eigenvalue weighted by atomic mass is 9.86. The molecule has 1 aliphatic rings. The van der Waals surface area contributed by atoms with Crippen molar-refractivity contribution in [1.82, 2.24) is 10.6 Å². The van der Waals surface area contributed by atoms with Crippen LogP contribution in [0.3, 0.4) is 0 Å². The Labute approximate surface area is 106 Å². The lowest BCUT2D eigenvalue weighted by molar-refractivity contribution is 0.236. The molecule has 2 N–H and O–H groups in total. The standard InChI is InChI=1S/C14H28N2O/c1-3-12(2)16-14(17)15-11-7-10-13-8-5-4-6-9-13/h12-13H,3-11H2,1-2H3,(H2,15,16,17). The second-order valence-corrected chi connectivity index (χ2v) is 5.36. The van der Waals surface area contributed by atoms with Gasteiger partial charge in [0, 0.05) is 12.6 Å². The van der Waals surface area contributed by atoms with Crippen molar-refractivity contribution in [2.24, 2.45) is 5.92 Å². The molecule has 1 rings (SSSR count). The van der Waals surface area contributed by atoms with Gasteiger partial charge in [0.25, 0.3) is 0 Å². The highest BCUT2D eigenvalue weighted by Crippen LogP contribution is 2.26. The van der Waals surface area contributed by atoms with E-state index in [4.69, 9.17) is 0 Å². The number of hydrogen-bond acceptors (Lipinski definition) is 1. The molecular formula is C14H28N2O. The molecule has 1 saturated carbocycles. The molecule has 1 unspecified atom stereocenters. The van der Waals surface area contributed by atoms with Crippen molar-refractivity contribution in [3.05, 3.63) is 0 Å². The molecule has 1 atom stereocenters. The average Bonchev–Trinajstić information content (AvgIpc) is 2.36. The minimum absolute atomic E-state index is 0.0111. The van der Waals surface area contributed by atoms with E-state index in [0.717, 1.165) is 25.3 Å². The molecule has 2 amide bonds. The van der Waals surface area contributed by atoms with E-state index in [1.807, 2.05) is 6.92 Å². The predicted molar refractivity (Wildman–Crippen MR) is 72.1 cm³/mol. The molecule has 0 aromatic carbocycles. The fraction of sp³-hybridized carbons (Fsp3) is 0.929. The molecule has 0 spiro atoms. The number of hydrogen-bond donors (Lipinski definition) is 2. The molecule has 0 aromatic rings. The van der Waals surface area contributed by atoms with Crippen LogP contribution < -0.4 is 10.6 Å². The minimum Gasteiger partial charge on any atom is -0.338 e. The Balaban J connectivity index is 1.97. The normalized spacial score (nSPS) is 18.7. The van der Waals surface area contributed by atoms with Gasteiger partial charge in [-0.1, -0.05) is 39.0 Å². The molecule has 1 fully saturated rings. The van der Waals surface area contributed by atoms with Crippen LogP contribution in [0, 0.1) is 5.92 Å². The Morgan fingerprint density at radius 1 is 1.29 bits per heavy atom. The lowest BCUT2D eigenvalue weighted by Crippen LogP contribution is -2.40. The molecule has 100 valence electrons. The average molecular weight is 240 g/mol. The van der Waals surface area contributed by atoms with E-state index in [1.54, 1.807) is 0 Å². The third kappa shape index (κ3) is 6.54. The van der Waals surface area contributed by atoms with Gasteiger partial charge in [0.05, 0.1) is 0 Å². The molecule has 3 nitrogen and oxygen atoms in total. The van der Waals surface area contributed by atoms with Crippen LogP contribution in [0.15, 0.2) is 0 Å². The van der Waals surface area contributed by atoms with Crippen LogP contribution in [-0.2, 0) is 0 Å². The monoisotopic (exact) mass is 240 g/mol. The molecule has 0 aliphatic heterocycles. The summed E-state index contributed by atoms with van der Waals surface area (Å²) >= 11 is 0. The first kappa shape index (κ1) is 14.3. The molecule has 0 bridgehead atoms. The minimum atomic E-state index is -0.0111. The van der Waals surface area contributed by atoms with Crippen LogP contribution in [0.5, 0.6) is 0 Å². The lowest BCUT2D eigenvalue weighted by Gasteiger charge is -2.21. The van der Waals surface area contributed by atoms with E-state index in [-0.39, 0.29) is 12.1 Å². The number of carbonyl (C=O) groups is 1. The Kier molecular flexibility index (Phi) is 7.06. The van der Waals surface area contributed by atoms with Crippen molar-refractivity contribution in [3.8, 4) is 0 Å². The zero-order valence-corrected chi connectivity index (χ0v) is 11.4. The summed E-state index contributed by atoms with van der Waals surface area (Å²) in [5.74, 6) is 0.920. The Hall–Kier alpha value is -0.730. The van der Waals surface area contributed by atoms with Gasteiger partial charge in [0.2, 0.25) is 0 Å². The smallest absolute Gasteiger partial charge is 0.314 e. The zero-order valence-electron chi connectivity index (χ0n) is 11.4. The Bertz CT molecular complexity index is 212. The van der Waals surface area contributed by atoms with Crippen LogP contribution in [-0.4, -0.2) is 18.6 Å². The van der Waals surface area contributed by atoms with Crippen LogP contribution in [0.1, 0.15) is 65.2 Å². The first-order valence-corrected chi connectivity index (χ1v) is 7.26. The van der Waals surface area contributed by atoms with Crippen molar-refractivity contribution in [1.29, 1.82) is 0 Å². The summed E-state index contributed by atoms with van der Waals surface area (Å²) in [4.78, 5) is 11.4. The van der Waals surface area contributed by atoms with Crippen molar-refractivity contribution in [2.75, 3.05) is 6.54 Å². The highest BCUT2D eigenvalue weighted by atomic mass is 16.2. The van der Waals surface area contributed by atoms with Crippen molar-refractivity contribution in [2.45, 2.75) is 71.3 Å². The highest BCUT2D eigenvalue weighted by molar-refractivity contribution is 5.74. The summed E-state index contributed by atoms with van der Waals surface area (Å²) in [6.45, 7) is 4.92. The van der Waals surface area contributed by atoms with E-state index in [1.165, 1.54) is 38.5 Å². The van der Waals surface area contributed by atoms with Gasteiger partial charge >= 0.3 is 6.03 Å². The van der Waals surface area contributed by atoms with Gasteiger partial charge in [-0.3, -0.25) is 0 Å². The zero-order chi connectivity index (χ0) is 12.5. The van der Waals surface area contributed by atoms with Gasteiger partial charge in [-0.25, -0.2) is 4.79 Å². The Morgan fingerprint density at radius 3 is 2.65 bits per heavy atom. The fourth-order valence-electron chi connectivity index (χ4n) is 2.45. The second kappa shape index (κ2) is 8.37. The number of urea groups is 1. The summed E-state index contributed by atoms with van der Waals surface area (Å²) in [5, 5.41) is 5.86.